The normalized spacial score (nSPS) is 10.9. The lowest BCUT2D eigenvalue weighted by Gasteiger charge is -2.11. The molecule has 0 fully saturated rings. The Balaban J connectivity index is 2.41. The molecule has 0 heterocycles. The number of hydrogen-bond acceptors (Lipinski definition) is 1. The summed E-state index contributed by atoms with van der Waals surface area (Å²) in [5.74, 6) is -1.09. The van der Waals surface area contributed by atoms with E-state index in [1.54, 1.807) is 25.1 Å². The van der Waals surface area contributed by atoms with E-state index in [-0.39, 0.29) is 5.56 Å². The van der Waals surface area contributed by atoms with E-state index in [1.165, 1.54) is 12.1 Å². The summed E-state index contributed by atoms with van der Waals surface area (Å²) >= 11 is 6.15. The monoisotopic (exact) mass is 309 g/mol. The Kier molecular flexibility index (Phi) is 5.32. The van der Waals surface area contributed by atoms with Crippen LogP contribution in [-0.2, 0) is 6.54 Å². The summed E-state index contributed by atoms with van der Waals surface area (Å²) < 4.78 is 28.2. The summed E-state index contributed by atoms with van der Waals surface area (Å²) in [5.41, 5.74) is 1.77. The molecule has 4 heteroatoms. The van der Waals surface area contributed by atoms with E-state index in [1.807, 2.05) is 0 Å². The number of rotatable bonds is 5. The fourth-order valence-corrected chi connectivity index (χ4v) is 2.37. The zero-order valence-electron chi connectivity index (χ0n) is 12.1. The highest BCUT2D eigenvalue weighted by Crippen LogP contribution is 2.30. The van der Waals surface area contributed by atoms with Gasteiger partial charge in [0.2, 0.25) is 0 Å². The topological polar surface area (TPSA) is 12.0 Å². The first-order valence-electron chi connectivity index (χ1n) is 6.98. The molecule has 0 radical (unpaired) electrons. The molecule has 1 nitrogen and oxygen atoms in total. The molecule has 0 unspecified atom stereocenters. The van der Waals surface area contributed by atoms with Crippen LogP contribution in [0.4, 0.5) is 8.78 Å². The minimum Gasteiger partial charge on any atom is -0.313 e. The first kappa shape index (κ1) is 15.9. The Hall–Kier alpha value is -1.45. The van der Waals surface area contributed by atoms with Crippen LogP contribution in [0.1, 0.15) is 24.5 Å². The quantitative estimate of drug-likeness (QED) is 0.758. The van der Waals surface area contributed by atoms with Crippen LogP contribution in [-0.4, -0.2) is 6.54 Å². The molecule has 0 aromatic heterocycles. The second kappa shape index (κ2) is 7.01. The molecule has 0 spiro atoms. The first-order chi connectivity index (χ1) is 10.0. The molecule has 0 saturated heterocycles. The summed E-state index contributed by atoms with van der Waals surface area (Å²) in [7, 11) is 0. The van der Waals surface area contributed by atoms with Crippen molar-refractivity contribution in [1.29, 1.82) is 0 Å². The zero-order valence-corrected chi connectivity index (χ0v) is 12.9. The van der Waals surface area contributed by atoms with Crippen LogP contribution < -0.4 is 5.32 Å². The number of nitrogens with one attached hydrogen (secondary N) is 1. The maximum Gasteiger partial charge on any atom is 0.136 e. The Labute approximate surface area is 128 Å². The molecule has 0 amide bonds. The standard InChI is InChI=1S/C17H18ClF2N/c1-3-8-21-10-13-9-12(5-6-14(13)18)16-15(19)7-4-11(2)17(16)20/h4-7,9,21H,3,8,10H2,1-2H3. The highest BCUT2D eigenvalue weighted by molar-refractivity contribution is 6.31. The van der Waals surface area contributed by atoms with Crippen LogP contribution in [0, 0.1) is 18.6 Å². The van der Waals surface area contributed by atoms with E-state index < -0.39 is 11.6 Å². The highest BCUT2D eigenvalue weighted by atomic mass is 35.5. The average Bonchev–Trinajstić information content (AvgIpc) is 2.46. The predicted molar refractivity (Wildman–Crippen MR) is 83.5 cm³/mol. The van der Waals surface area contributed by atoms with Gasteiger partial charge in [0.15, 0.2) is 0 Å². The van der Waals surface area contributed by atoms with Crippen LogP contribution in [0.2, 0.25) is 5.02 Å². The minimum atomic E-state index is -0.562. The van der Waals surface area contributed by atoms with Gasteiger partial charge in [0.1, 0.15) is 11.6 Å². The van der Waals surface area contributed by atoms with Crippen molar-refractivity contribution in [2.45, 2.75) is 26.8 Å². The SMILES string of the molecule is CCCNCc1cc(-c2c(F)ccc(C)c2F)ccc1Cl. The third kappa shape index (κ3) is 3.60. The van der Waals surface area contributed by atoms with Gasteiger partial charge in [-0.15, -0.1) is 0 Å². The Bertz CT molecular complexity index is 641. The summed E-state index contributed by atoms with van der Waals surface area (Å²) in [6.07, 6.45) is 1.01. The molecule has 0 atom stereocenters. The van der Waals surface area contributed by atoms with Crippen molar-refractivity contribution in [3.8, 4) is 11.1 Å². The molecule has 0 aliphatic heterocycles. The molecule has 0 aliphatic carbocycles. The van der Waals surface area contributed by atoms with E-state index in [0.29, 0.717) is 22.7 Å². The lowest BCUT2D eigenvalue weighted by molar-refractivity contribution is 0.583. The van der Waals surface area contributed by atoms with Crippen molar-refractivity contribution in [2.75, 3.05) is 6.54 Å². The summed E-state index contributed by atoms with van der Waals surface area (Å²) in [4.78, 5) is 0. The van der Waals surface area contributed by atoms with E-state index in [4.69, 9.17) is 11.6 Å². The van der Waals surface area contributed by atoms with E-state index in [9.17, 15) is 8.78 Å². The first-order valence-corrected chi connectivity index (χ1v) is 7.36. The fraction of sp³-hybridized carbons (Fsp3) is 0.294. The van der Waals surface area contributed by atoms with Crippen molar-refractivity contribution in [2.24, 2.45) is 0 Å². The smallest absolute Gasteiger partial charge is 0.136 e. The van der Waals surface area contributed by atoms with Gasteiger partial charge in [-0.3, -0.25) is 0 Å². The molecule has 0 saturated carbocycles. The number of aryl methyl sites for hydroxylation is 1. The molecule has 2 aromatic carbocycles. The molecule has 112 valence electrons. The summed E-state index contributed by atoms with van der Waals surface area (Å²) in [6, 6.07) is 7.80. The average molecular weight is 310 g/mol. The molecular formula is C17H18ClF2N. The van der Waals surface area contributed by atoms with Gasteiger partial charge in [0.05, 0.1) is 5.56 Å². The van der Waals surface area contributed by atoms with Gasteiger partial charge in [-0.2, -0.15) is 0 Å². The molecular weight excluding hydrogens is 292 g/mol. The van der Waals surface area contributed by atoms with Crippen molar-refractivity contribution in [1.82, 2.24) is 5.32 Å². The summed E-state index contributed by atoms with van der Waals surface area (Å²) in [5, 5.41) is 3.83. The Morgan fingerprint density at radius 2 is 1.90 bits per heavy atom. The van der Waals surface area contributed by atoms with Gasteiger partial charge < -0.3 is 5.32 Å². The van der Waals surface area contributed by atoms with Crippen LogP contribution in [0.3, 0.4) is 0 Å². The van der Waals surface area contributed by atoms with Crippen LogP contribution >= 0.6 is 11.6 Å². The molecule has 2 aromatic rings. The Morgan fingerprint density at radius 3 is 2.62 bits per heavy atom. The van der Waals surface area contributed by atoms with E-state index >= 15 is 0 Å². The maximum absolute atomic E-state index is 14.2. The molecule has 2 rings (SSSR count). The van der Waals surface area contributed by atoms with E-state index in [2.05, 4.69) is 12.2 Å². The van der Waals surface area contributed by atoms with Gasteiger partial charge in [-0.1, -0.05) is 30.7 Å². The van der Waals surface area contributed by atoms with Gasteiger partial charge >= 0.3 is 0 Å². The van der Waals surface area contributed by atoms with Crippen LogP contribution in [0.25, 0.3) is 11.1 Å². The highest BCUT2D eigenvalue weighted by Gasteiger charge is 2.14. The molecule has 21 heavy (non-hydrogen) atoms. The number of halogens is 3. The summed E-state index contributed by atoms with van der Waals surface area (Å²) in [6.45, 7) is 5.14. The fourth-order valence-electron chi connectivity index (χ4n) is 2.19. The van der Waals surface area contributed by atoms with Crippen LogP contribution in [0.5, 0.6) is 0 Å². The lowest BCUT2D eigenvalue weighted by atomic mass is 10.00. The molecule has 1 N–H and O–H groups in total. The van der Waals surface area contributed by atoms with Crippen molar-refractivity contribution in [3.63, 3.8) is 0 Å². The predicted octanol–water partition coefficient (Wildman–Crippen LogP) is 5.09. The second-order valence-electron chi connectivity index (χ2n) is 5.04. The third-order valence-corrected chi connectivity index (χ3v) is 3.73. The van der Waals surface area contributed by atoms with Gasteiger partial charge in [0.25, 0.3) is 0 Å². The number of hydrogen-bond donors (Lipinski definition) is 1. The molecule has 0 bridgehead atoms. The molecule has 0 aliphatic rings. The van der Waals surface area contributed by atoms with Gasteiger partial charge in [-0.25, -0.2) is 8.78 Å². The largest absolute Gasteiger partial charge is 0.313 e. The van der Waals surface area contributed by atoms with Gasteiger partial charge in [-0.05, 0) is 54.8 Å². The minimum absolute atomic E-state index is 0.00316. The zero-order chi connectivity index (χ0) is 15.4. The lowest BCUT2D eigenvalue weighted by Crippen LogP contribution is -2.14. The number of benzene rings is 2. The van der Waals surface area contributed by atoms with Gasteiger partial charge in [0, 0.05) is 11.6 Å². The van der Waals surface area contributed by atoms with Crippen molar-refractivity contribution >= 4 is 11.6 Å². The van der Waals surface area contributed by atoms with Crippen molar-refractivity contribution in [3.05, 3.63) is 58.1 Å². The second-order valence-corrected chi connectivity index (χ2v) is 5.44. The van der Waals surface area contributed by atoms with Crippen molar-refractivity contribution < 1.29 is 8.78 Å². The van der Waals surface area contributed by atoms with Crippen LogP contribution in [0.15, 0.2) is 30.3 Å². The maximum atomic E-state index is 14.2. The van der Waals surface area contributed by atoms with E-state index in [0.717, 1.165) is 18.5 Å². The Morgan fingerprint density at radius 1 is 1.14 bits per heavy atom. The third-order valence-electron chi connectivity index (χ3n) is 3.36.